The molecule has 26 heavy (non-hydrogen) atoms. The molecule has 0 amide bonds. The first-order valence-corrected chi connectivity index (χ1v) is 8.54. The van der Waals surface area contributed by atoms with E-state index >= 15 is 0 Å². The molecule has 0 spiro atoms. The van der Waals surface area contributed by atoms with Crippen molar-refractivity contribution in [2.24, 2.45) is 5.16 Å². The second kappa shape index (κ2) is 6.92. The van der Waals surface area contributed by atoms with E-state index in [1.165, 1.54) is 5.56 Å². The Labute approximate surface area is 151 Å². The fourth-order valence-electron chi connectivity index (χ4n) is 3.76. The summed E-state index contributed by atoms with van der Waals surface area (Å²) in [4.78, 5) is 12.8. The number of nitrogens with two attached hydrogens (primary N) is 1. The van der Waals surface area contributed by atoms with Crippen molar-refractivity contribution in [3.63, 3.8) is 0 Å². The van der Waals surface area contributed by atoms with Crippen LogP contribution in [0.4, 0.5) is 5.95 Å². The van der Waals surface area contributed by atoms with Gasteiger partial charge in [0.05, 0.1) is 11.9 Å². The fraction of sp³-hybridized carbons (Fsp3) is 0.200. The summed E-state index contributed by atoms with van der Waals surface area (Å²) in [6.07, 6.45) is 8.54. The number of rotatable bonds is 3. The Bertz CT molecular complexity index is 942. The standard InChI is InChI=1S/C20H19N5O/c21-20-23-12-18-15(11-24-26)8-14(9-19(18)25-20)17-6-2-1-5-16(17)13-4-3-7-22-10-13/h1-7,10-12,14-15,26H,8-9H2,(H2,21,23,25). The van der Waals surface area contributed by atoms with Gasteiger partial charge in [-0.2, -0.15) is 0 Å². The van der Waals surface area contributed by atoms with E-state index in [9.17, 15) is 0 Å². The normalized spacial score (nSPS) is 19.4. The van der Waals surface area contributed by atoms with Crippen molar-refractivity contribution in [1.29, 1.82) is 0 Å². The van der Waals surface area contributed by atoms with Crippen LogP contribution in [0.2, 0.25) is 0 Å². The van der Waals surface area contributed by atoms with Gasteiger partial charge in [0, 0.05) is 35.6 Å². The number of hydrogen-bond acceptors (Lipinski definition) is 6. The SMILES string of the molecule is Nc1ncc2c(n1)CC(c1ccccc1-c1cccnc1)CC2C=NO. The van der Waals surface area contributed by atoms with Crippen LogP contribution in [0.5, 0.6) is 0 Å². The zero-order chi connectivity index (χ0) is 17.9. The van der Waals surface area contributed by atoms with Gasteiger partial charge in [-0.25, -0.2) is 9.97 Å². The van der Waals surface area contributed by atoms with Gasteiger partial charge in [0.15, 0.2) is 0 Å². The first-order chi connectivity index (χ1) is 12.8. The summed E-state index contributed by atoms with van der Waals surface area (Å²) in [5.41, 5.74) is 11.2. The molecule has 1 aromatic carbocycles. The largest absolute Gasteiger partial charge is 0.411 e. The molecule has 0 fully saturated rings. The minimum atomic E-state index is -0.0451. The highest BCUT2D eigenvalue weighted by molar-refractivity contribution is 5.71. The van der Waals surface area contributed by atoms with Gasteiger partial charge in [-0.3, -0.25) is 4.98 Å². The number of hydrogen-bond donors (Lipinski definition) is 2. The van der Waals surface area contributed by atoms with E-state index in [4.69, 9.17) is 10.9 Å². The molecule has 0 saturated carbocycles. The Morgan fingerprint density at radius 3 is 2.81 bits per heavy atom. The first-order valence-electron chi connectivity index (χ1n) is 8.54. The van der Waals surface area contributed by atoms with E-state index in [1.54, 1.807) is 18.6 Å². The van der Waals surface area contributed by atoms with E-state index in [-0.39, 0.29) is 17.8 Å². The highest BCUT2D eigenvalue weighted by Gasteiger charge is 2.30. The van der Waals surface area contributed by atoms with Crippen molar-refractivity contribution >= 4 is 12.2 Å². The summed E-state index contributed by atoms with van der Waals surface area (Å²) in [5, 5.41) is 12.4. The van der Waals surface area contributed by atoms with Crippen LogP contribution in [0.25, 0.3) is 11.1 Å². The number of aromatic nitrogens is 3. The van der Waals surface area contributed by atoms with Crippen molar-refractivity contribution in [2.45, 2.75) is 24.7 Å². The average Bonchev–Trinajstić information content (AvgIpc) is 2.68. The second-order valence-electron chi connectivity index (χ2n) is 6.47. The molecule has 2 atom stereocenters. The van der Waals surface area contributed by atoms with E-state index < -0.39 is 0 Å². The molecule has 130 valence electrons. The van der Waals surface area contributed by atoms with Crippen LogP contribution in [-0.2, 0) is 6.42 Å². The number of fused-ring (bicyclic) bond motifs is 1. The Kier molecular flexibility index (Phi) is 4.31. The van der Waals surface area contributed by atoms with Gasteiger partial charge in [0.1, 0.15) is 0 Å². The van der Waals surface area contributed by atoms with Crippen LogP contribution in [0.1, 0.15) is 35.1 Å². The third-order valence-electron chi connectivity index (χ3n) is 4.92. The predicted octanol–water partition coefficient (Wildman–Crippen LogP) is 3.39. The van der Waals surface area contributed by atoms with E-state index in [0.717, 1.165) is 35.2 Å². The van der Waals surface area contributed by atoms with Gasteiger partial charge in [-0.15, -0.1) is 5.16 Å². The zero-order valence-electron chi connectivity index (χ0n) is 14.2. The second-order valence-corrected chi connectivity index (χ2v) is 6.47. The number of nitrogens with zero attached hydrogens (tertiary/aromatic N) is 4. The highest BCUT2D eigenvalue weighted by atomic mass is 16.4. The summed E-state index contributed by atoms with van der Waals surface area (Å²) < 4.78 is 0. The molecule has 0 saturated heterocycles. The van der Waals surface area contributed by atoms with Gasteiger partial charge in [0.2, 0.25) is 5.95 Å². The molecule has 2 unspecified atom stereocenters. The van der Waals surface area contributed by atoms with Gasteiger partial charge in [-0.1, -0.05) is 30.3 Å². The van der Waals surface area contributed by atoms with Crippen molar-refractivity contribution in [3.8, 4) is 11.1 Å². The number of oxime groups is 1. The molecule has 1 aliphatic carbocycles. The maximum Gasteiger partial charge on any atom is 0.220 e. The maximum atomic E-state index is 9.08. The Hall–Kier alpha value is -3.28. The van der Waals surface area contributed by atoms with Crippen LogP contribution >= 0.6 is 0 Å². The quantitative estimate of drug-likeness (QED) is 0.431. The van der Waals surface area contributed by atoms with E-state index in [2.05, 4.69) is 38.3 Å². The summed E-state index contributed by atoms with van der Waals surface area (Å²) >= 11 is 0. The molecule has 2 heterocycles. The van der Waals surface area contributed by atoms with E-state index in [0.29, 0.717) is 0 Å². The van der Waals surface area contributed by atoms with Gasteiger partial charge >= 0.3 is 0 Å². The number of benzene rings is 1. The van der Waals surface area contributed by atoms with Gasteiger partial charge in [-0.05, 0) is 36.0 Å². The van der Waals surface area contributed by atoms with Crippen LogP contribution in [-0.4, -0.2) is 26.4 Å². The lowest BCUT2D eigenvalue weighted by molar-refractivity contribution is 0.318. The molecule has 4 rings (SSSR count). The van der Waals surface area contributed by atoms with Gasteiger partial charge in [0.25, 0.3) is 0 Å². The average molecular weight is 345 g/mol. The van der Waals surface area contributed by atoms with Crippen molar-refractivity contribution in [3.05, 3.63) is 71.8 Å². The molecule has 3 aromatic rings. The molecular formula is C20H19N5O. The minimum Gasteiger partial charge on any atom is -0.411 e. The van der Waals surface area contributed by atoms with Crippen LogP contribution < -0.4 is 5.73 Å². The smallest absolute Gasteiger partial charge is 0.220 e. The van der Waals surface area contributed by atoms with Crippen LogP contribution in [0.3, 0.4) is 0 Å². The first kappa shape index (κ1) is 16.2. The highest BCUT2D eigenvalue weighted by Crippen LogP contribution is 2.41. The van der Waals surface area contributed by atoms with Crippen molar-refractivity contribution in [2.75, 3.05) is 5.73 Å². The fourth-order valence-corrected chi connectivity index (χ4v) is 3.76. The molecule has 0 radical (unpaired) electrons. The van der Waals surface area contributed by atoms with Crippen LogP contribution in [0, 0.1) is 0 Å². The molecular weight excluding hydrogens is 326 g/mol. The molecule has 0 aliphatic heterocycles. The number of nitrogen functional groups attached to an aromatic ring is 1. The minimum absolute atomic E-state index is 0.0451. The lowest BCUT2D eigenvalue weighted by atomic mass is 9.75. The number of anilines is 1. The third kappa shape index (κ3) is 3.01. The summed E-state index contributed by atoms with van der Waals surface area (Å²) in [5.74, 6) is 0.456. The maximum absolute atomic E-state index is 9.08. The molecule has 1 aliphatic rings. The zero-order valence-corrected chi connectivity index (χ0v) is 14.2. The molecule has 3 N–H and O–H groups in total. The molecule has 6 nitrogen and oxygen atoms in total. The summed E-state index contributed by atoms with van der Waals surface area (Å²) in [7, 11) is 0. The number of pyridine rings is 1. The Morgan fingerprint density at radius 1 is 1.12 bits per heavy atom. The third-order valence-corrected chi connectivity index (χ3v) is 4.92. The van der Waals surface area contributed by atoms with Crippen LogP contribution in [0.15, 0.2) is 60.1 Å². The van der Waals surface area contributed by atoms with Gasteiger partial charge < -0.3 is 10.9 Å². The summed E-state index contributed by atoms with van der Waals surface area (Å²) in [6, 6.07) is 12.4. The topological polar surface area (TPSA) is 97.3 Å². The van der Waals surface area contributed by atoms with Crippen molar-refractivity contribution < 1.29 is 5.21 Å². The lowest BCUT2D eigenvalue weighted by Gasteiger charge is -2.30. The Morgan fingerprint density at radius 2 is 2.00 bits per heavy atom. The van der Waals surface area contributed by atoms with E-state index in [1.807, 2.05) is 24.4 Å². The summed E-state index contributed by atoms with van der Waals surface area (Å²) in [6.45, 7) is 0. The monoisotopic (exact) mass is 345 g/mol. The predicted molar refractivity (Wildman–Crippen MR) is 100 cm³/mol. The molecule has 2 aromatic heterocycles. The molecule has 0 bridgehead atoms. The molecule has 6 heteroatoms. The Balaban J connectivity index is 1.78. The van der Waals surface area contributed by atoms with Crippen molar-refractivity contribution in [1.82, 2.24) is 15.0 Å². The lowest BCUT2D eigenvalue weighted by Crippen LogP contribution is -2.21.